The molecule has 0 aliphatic carbocycles. The lowest BCUT2D eigenvalue weighted by atomic mass is 10.2. The highest BCUT2D eigenvalue weighted by molar-refractivity contribution is 9.10. The molecule has 0 saturated carbocycles. The Morgan fingerprint density at radius 3 is 1.50 bits per heavy atom. The van der Waals surface area contributed by atoms with Crippen molar-refractivity contribution in [1.29, 1.82) is 0 Å². The van der Waals surface area contributed by atoms with Gasteiger partial charge in [0.15, 0.2) is 0 Å². The molecule has 0 aliphatic heterocycles. The number of hydrogen-bond acceptors (Lipinski definition) is 2. The molecule has 154 valence electrons. The van der Waals surface area contributed by atoms with Crippen molar-refractivity contribution in [3.63, 3.8) is 0 Å². The van der Waals surface area contributed by atoms with Crippen LogP contribution in [0.2, 0.25) is 0 Å². The van der Waals surface area contributed by atoms with Crippen LogP contribution in [0.5, 0.6) is 0 Å². The molecule has 2 nitrogen and oxygen atoms in total. The monoisotopic (exact) mass is 527 g/mol. The fourth-order valence-electron chi connectivity index (χ4n) is 3.39. The number of hydrogen-bond donors (Lipinski definition) is 0. The van der Waals surface area contributed by atoms with E-state index in [0.717, 1.165) is 45.6 Å². The zero-order valence-electron chi connectivity index (χ0n) is 17.0. The Bertz CT molecular complexity index is 689. The molecule has 2 aromatic rings. The number of nitrogens with zero attached hydrogens (tertiary/aromatic N) is 1. The van der Waals surface area contributed by atoms with Gasteiger partial charge in [0.2, 0.25) is 0 Å². The predicted octanol–water partition coefficient (Wildman–Crippen LogP) is 6.82. The van der Waals surface area contributed by atoms with Crippen LogP contribution in [0, 0.1) is 0 Å². The summed E-state index contributed by atoms with van der Waals surface area (Å²) in [7, 11) is -2.64. The SMILES string of the molecule is CCCCN(CCCC)CCCP(=O)(c1ccc(Br)cc1)c1ccc(Br)cc1. The fourth-order valence-corrected chi connectivity index (χ4v) is 6.58. The van der Waals surface area contributed by atoms with E-state index in [4.69, 9.17) is 0 Å². The Morgan fingerprint density at radius 2 is 1.11 bits per heavy atom. The zero-order chi connectivity index (χ0) is 20.4. The third kappa shape index (κ3) is 7.13. The summed E-state index contributed by atoms with van der Waals surface area (Å²) in [6, 6.07) is 16.0. The van der Waals surface area contributed by atoms with E-state index in [1.54, 1.807) is 0 Å². The van der Waals surface area contributed by atoms with Crippen LogP contribution in [-0.4, -0.2) is 30.7 Å². The quantitative estimate of drug-likeness (QED) is 0.282. The Kier molecular flexibility index (Phi) is 10.5. The van der Waals surface area contributed by atoms with Gasteiger partial charge in [0.1, 0.15) is 7.14 Å². The van der Waals surface area contributed by atoms with Crippen LogP contribution < -0.4 is 10.6 Å². The van der Waals surface area contributed by atoms with Crippen LogP contribution in [0.4, 0.5) is 0 Å². The minimum Gasteiger partial charge on any atom is -0.314 e. The van der Waals surface area contributed by atoms with E-state index < -0.39 is 7.14 Å². The van der Waals surface area contributed by atoms with Crippen molar-refractivity contribution >= 4 is 49.6 Å². The smallest absolute Gasteiger partial charge is 0.143 e. The van der Waals surface area contributed by atoms with Crippen molar-refractivity contribution in [2.75, 3.05) is 25.8 Å². The first-order valence-electron chi connectivity index (χ1n) is 10.3. The zero-order valence-corrected chi connectivity index (χ0v) is 21.1. The van der Waals surface area contributed by atoms with Crippen molar-refractivity contribution in [2.24, 2.45) is 0 Å². The third-order valence-electron chi connectivity index (χ3n) is 5.09. The number of unbranched alkanes of at least 4 members (excludes halogenated alkanes) is 2. The summed E-state index contributed by atoms with van der Waals surface area (Å²) in [6.07, 6.45) is 6.58. The van der Waals surface area contributed by atoms with Gasteiger partial charge in [0.05, 0.1) is 0 Å². The first-order chi connectivity index (χ1) is 13.5. The average Bonchev–Trinajstić information content (AvgIpc) is 2.70. The van der Waals surface area contributed by atoms with E-state index in [0.29, 0.717) is 6.16 Å². The van der Waals surface area contributed by atoms with Gasteiger partial charge in [-0.2, -0.15) is 0 Å². The lowest BCUT2D eigenvalue weighted by Gasteiger charge is -2.24. The molecule has 0 N–H and O–H groups in total. The highest BCUT2D eigenvalue weighted by Crippen LogP contribution is 2.44. The van der Waals surface area contributed by atoms with Crippen LogP contribution in [0.15, 0.2) is 57.5 Å². The Balaban J connectivity index is 2.16. The molecule has 0 fully saturated rings. The van der Waals surface area contributed by atoms with E-state index in [-0.39, 0.29) is 0 Å². The second-order valence-corrected chi connectivity index (χ2v) is 12.1. The van der Waals surface area contributed by atoms with Gasteiger partial charge in [-0.05, 0) is 63.2 Å². The Labute approximate surface area is 187 Å². The Morgan fingerprint density at radius 1 is 0.714 bits per heavy atom. The first-order valence-corrected chi connectivity index (χ1v) is 13.8. The second-order valence-electron chi connectivity index (χ2n) is 7.32. The van der Waals surface area contributed by atoms with Crippen LogP contribution >= 0.6 is 39.0 Å². The van der Waals surface area contributed by atoms with Gasteiger partial charge in [-0.3, -0.25) is 0 Å². The largest absolute Gasteiger partial charge is 0.314 e. The minimum absolute atomic E-state index is 0.713. The van der Waals surface area contributed by atoms with Crippen molar-refractivity contribution < 1.29 is 4.57 Å². The summed E-state index contributed by atoms with van der Waals surface area (Å²) in [5, 5.41) is 1.90. The highest BCUT2D eigenvalue weighted by Gasteiger charge is 2.27. The first kappa shape index (κ1) is 23.9. The van der Waals surface area contributed by atoms with Gasteiger partial charge >= 0.3 is 0 Å². The summed E-state index contributed by atoms with van der Waals surface area (Å²) in [6.45, 7) is 7.81. The normalized spacial score (nSPS) is 11.9. The lowest BCUT2D eigenvalue weighted by Crippen LogP contribution is -2.28. The molecule has 5 heteroatoms. The maximum absolute atomic E-state index is 14.2. The fraction of sp³-hybridized carbons (Fsp3) is 0.478. The lowest BCUT2D eigenvalue weighted by molar-refractivity contribution is 0.266. The van der Waals surface area contributed by atoms with E-state index in [1.807, 2.05) is 48.5 Å². The van der Waals surface area contributed by atoms with Crippen LogP contribution in [0.1, 0.15) is 46.0 Å². The molecule has 28 heavy (non-hydrogen) atoms. The molecule has 0 atom stereocenters. The molecular weight excluding hydrogens is 497 g/mol. The summed E-state index contributed by atoms with van der Waals surface area (Å²) >= 11 is 6.99. The van der Waals surface area contributed by atoms with E-state index in [2.05, 4.69) is 50.6 Å². The molecular formula is C23H32Br2NOP. The summed E-state index contributed by atoms with van der Waals surface area (Å²) in [5.74, 6) is 0. The van der Waals surface area contributed by atoms with Crippen molar-refractivity contribution in [3.05, 3.63) is 57.5 Å². The van der Waals surface area contributed by atoms with Gasteiger partial charge in [-0.15, -0.1) is 0 Å². The maximum atomic E-state index is 14.2. The van der Waals surface area contributed by atoms with Gasteiger partial charge in [-0.25, -0.2) is 0 Å². The van der Waals surface area contributed by atoms with Gasteiger partial charge in [0, 0.05) is 25.7 Å². The number of halogens is 2. The summed E-state index contributed by atoms with van der Waals surface area (Å²) < 4.78 is 16.2. The van der Waals surface area contributed by atoms with Crippen molar-refractivity contribution in [1.82, 2.24) is 4.90 Å². The Hall–Kier alpha value is -0.410. The van der Waals surface area contributed by atoms with Gasteiger partial charge in [-0.1, -0.05) is 82.8 Å². The molecule has 0 spiro atoms. The topological polar surface area (TPSA) is 20.3 Å². The van der Waals surface area contributed by atoms with Crippen molar-refractivity contribution in [2.45, 2.75) is 46.0 Å². The molecule has 0 heterocycles. The molecule has 0 bridgehead atoms. The highest BCUT2D eigenvalue weighted by atomic mass is 79.9. The predicted molar refractivity (Wildman–Crippen MR) is 131 cm³/mol. The third-order valence-corrected chi connectivity index (χ3v) is 9.36. The van der Waals surface area contributed by atoms with Crippen LogP contribution in [-0.2, 0) is 4.57 Å². The summed E-state index contributed by atoms with van der Waals surface area (Å²) in [5.41, 5.74) is 0. The van der Waals surface area contributed by atoms with Gasteiger partial charge < -0.3 is 9.46 Å². The molecule has 0 radical (unpaired) electrons. The molecule has 0 unspecified atom stereocenters. The molecule has 0 aliphatic rings. The number of rotatable bonds is 12. The van der Waals surface area contributed by atoms with E-state index in [9.17, 15) is 4.57 Å². The molecule has 0 amide bonds. The molecule has 2 aromatic carbocycles. The van der Waals surface area contributed by atoms with Crippen LogP contribution in [0.3, 0.4) is 0 Å². The van der Waals surface area contributed by atoms with Gasteiger partial charge in [0.25, 0.3) is 0 Å². The second kappa shape index (κ2) is 12.3. The minimum atomic E-state index is -2.64. The van der Waals surface area contributed by atoms with Crippen molar-refractivity contribution in [3.8, 4) is 0 Å². The van der Waals surface area contributed by atoms with E-state index >= 15 is 0 Å². The summed E-state index contributed by atoms with van der Waals surface area (Å²) in [4.78, 5) is 2.56. The van der Waals surface area contributed by atoms with Crippen LogP contribution in [0.25, 0.3) is 0 Å². The molecule has 0 aromatic heterocycles. The molecule has 2 rings (SSSR count). The average molecular weight is 529 g/mol. The maximum Gasteiger partial charge on any atom is 0.143 e. The van der Waals surface area contributed by atoms with E-state index in [1.165, 1.54) is 25.7 Å². The standard InChI is InChI=1S/C23H32Br2NOP/c1-3-5-16-26(17-6-4-2)18-7-19-28(27,22-12-8-20(24)9-13-22)23-14-10-21(25)11-15-23/h8-15H,3-7,16-19H2,1-2H3. The number of benzene rings is 2. The molecule has 0 saturated heterocycles.